The highest BCUT2D eigenvalue weighted by atomic mass is 79.9. The third kappa shape index (κ3) is 2.87. The van der Waals surface area contributed by atoms with E-state index in [1.54, 1.807) is 10.8 Å². The molecule has 0 N–H and O–H groups in total. The van der Waals surface area contributed by atoms with Crippen molar-refractivity contribution < 1.29 is 0 Å². The Bertz CT molecular complexity index is 665. The number of rotatable bonds is 3. The number of nitrogens with zero attached hydrogens (tertiary/aromatic N) is 3. The first-order valence-corrected chi connectivity index (χ1v) is 7.18. The number of aromatic nitrogens is 3. The molecule has 0 spiro atoms. The minimum absolute atomic E-state index is 0.119. The van der Waals surface area contributed by atoms with Gasteiger partial charge in [-0.2, -0.15) is 0 Å². The van der Waals surface area contributed by atoms with Crippen molar-refractivity contribution in [1.29, 1.82) is 0 Å². The van der Waals surface area contributed by atoms with E-state index < -0.39 is 0 Å². The van der Waals surface area contributed by atoms with E-state index in [0.717, 1.165) is 28.8 Å². The highest BCUT2D eigenvalue weighted by molar-refractivity contribution is 9.10. The molecule has 2 aromatic heterocycles. The minimum Gasteiger partial charge on any atom is -0.290 e. The van der Waals surface area contributed by atoms with Crippen molar-refractivity contribution >= 4 is 27.5 Å². The number of pyridine rings is 1. The summed E-state index contributed by atoms with van der Waals surface area (Å²) in [7, 11) is 0. The maximum atomic E-state index is 12.1. The second-order valence-corrected chi connectivity index (χ2v) is 5.91. The standard InChI is InChI=1S/C13H11BrClN3O/c14-9-3-4-10(16-6-9)7-18-12(19)5-11(15)17-13(18)8-1-2-8/h3-6,8H,1-2,7H2. The third-order valence-electron chi connectivity index (χ3n) is 3.06. The lowest BCUT2D eigenvalue weighted by Gasteiger charge is -2.11. The van der Waals surface area contributed by atoms with E-state index >= 15 is 0 Å². The SMILES string of the molecule is O=c1cc(Cl)nc(C2CC2)n1Cc1ccc(Br)cn1. The first-order valence-electron chi connectivity index (χ1n) is 6.01. The summed E-state index contributed by atoms with van der Waals surface area (Å²) in [5.41, 5.74) is 0.711. The fourth-order valence-electron chi connectivity index (χ4n) is 1.97. The van der Waals surface area contributed by atoms with Crippen LogP contribution in [0.1, 0.15) is 30.3 Å². The molecular formula is C13H11BrClN3O. The average molecular weight is 341 g/mol. The molecule has 2 heterocycles. The lowest BCUT2D eigenvalue weighted by Crippen LogP contribution is -2.25. The molecule has 1 aliphatic rings. The monoisotopic (exact) mass is 339 g/mol. The summed E-state index contributed by atoms with van der Waals surface area (Å²) in [5.74, 6) is 1.14. The normalized spacial score (nSPS) is 14.6. The number of hydrogen-bond donors (Lipinski definition) is 0. The summed E-state index contributed by atoms with van der Waals surface area (Å²) in [4.78, 5) is 20.7. The smallest absolute Gasteiger partial charge is 0.255 e. The van der Waals surface area contributed by atoms with Crippen molar-refractivity contribution in [2.75, 3.05) is 0 Å². The largest absolute Gasteiger partial charge is 0.290 e. The maximum Gasteiger partial charge on any atom is 0.255 e. The predicted octanol–water partition coefficient (Wildman–Crippen LogP) is 2.98. The molecule has 0 unspecified atom stereocenters. The van der Waals surface area contributed by atoms with Gasteiger partial charge in [0, 0.05) is 22.7 Å². The van der Waals surface area contributed by atoms with Crippen LogP contribution in [0.5, 0.6) is 0 Å². The zero-order valence-electron chi connectivity index (χ0n) is 10.0. The van der Waals surface area contributed by atoms with Crippen LogP contribution in [0.15, 0.2) is 33.7 Å². The van der Waals surface area contributed by atoms with Gasteiger partial charge in [-0.3, -0.25) is 14.3 Å². The molecule has 0 saturated heterocycles. The zero-order valence-corrected chi connectivity index (χ0v) is 12.4. The van der Waals surface area contributed by atoms with Crippen LogP contribution < -0.4 is 5.56 Å². The van der Waals surface area contributed by atoms with Crippen molar-refractivity contribution in [3.8, 4) is 0 Å². The summed E-state index contributed by atoms with van der Waals surface area (Å²) in [5, 5.41) is 0.270. The molecule has 3 rings (SSSR count). The van der Waals surface area contributed by atoms with E-state index in [1.807, 2.05) is 12.1 Å². The van der Waals surface area contributed by atoms with Crippen LogP contribution in [0.2, 0.25) is 5.15 Å². The van der Waals surface area contributed by atoms with E-state index in [4.69, 9.17) is 11.6 Å². The van der Waals surface area contributed by atoms with Crippen LogP contribution in [-0.2, 0) is 6.54 Å². The van der Waals surface area contributed by atoms with Gasteiger partial charge in [-0.25, -0.2) is 4.98 Å². The second-order valence-electron chi connectivity index (χ2n) is 4.60. The average Bonchev–Trinajstić information content (AvgIpc) is 3.19. The van der Waals surface area contributed by atoms with E-state index in [2.05, 4.69) is 25.9 Å². The third-order valence-corrected chi connectivity index (χ3v) is 3.72. The first-order chi connectivity index (χ1) is 9.13. The van der Waals surface area contributed by atoms with Crippen molar-refractivity contribution in [2.45, 2.75) is 25.3 Å². The molecule has 0 bridgehead atoms. The molecule has 4 nitrogen and oxygen atoms in total. The highest BCUT2D eigenvalue weighted by Gasteiger charge is 2.29. The van der Waals surface area contributed by atoms with Crippen LogP contribution in [0.4, 0.5) is 0 Å². The van der Waals surface area contributed by atoms with Gasteiger partial charge < -0.3 is 0 Å². The lowest BCUT2D eigenvalue weighted by molar-refractivity contribution is 0.658. The van der Waals surface area contributed by atoms with Gasteiger partial charge in [-0.15, -0.1) is 0 Å². The molecule has 98 valence electrons. The van der Waals surface area contributed by atoms with Gasteiger partial charge in [0.1, 0.15) is 11.0 Å². The Labute approximate surface area is 123 Å². The van der Waals surface area contributed by atoms with Crippen LogP contribution in [0.3, 0.4) is 0 Å². The van der Waals surface area contributed by atoms with E-state index in [0.29, 0.717) is 12.5 Å². The van der Waals surface area contributed by atoms with Crippen LogP contribution in [-0.4, -0.2) is 14.5 Å². The molecule has 0 atom stereocenters. The topological polar surface area (TPSA) is 47.8 Å². The van der Waals surface area contributed by atoms with Crippen LogP contribution in [0, 0.1) is 0 Å². The summed E-state index contributed by atoms with van der Waals surface area (Å²) < 4.78 is 2.58. The van der Waals surface area contributed by atoms with Gasteiger partial charge >= 0.3 is 0 Å². The van der Waals surface area contributed by atoms with Crippen molar-refractivity contribution in [3.63, 3.8) is 0 Å². The lowest BCUT2D eigenvalue weighted by atomic mass is 10.3. The molecule has 1 aliphatic carbocycles. The van der Waals surface area contributed by atoms with Crippen molar-refractivity contribution in [2.24, 2.45) is 0 Å². The second kappa shape index (κ2) is 5.06. The Morgan fingerprint density at radius 2 is 2.21 bits per heavy atom. The van der Waals surface area contributed by atoms with Gasteiger partial charge in [0.25, 0.3) is 5.56 Å². The van der Waals surface area contributed by atoms with Gasteiger partial charge in [0.05, 0.1) is 12.2 Å². The molecule has 0 aromatic carbocycles. The Hall–Kier alpha value is -1.20. The van der Waals surface area contributed by atoms with Gasteiger partial charge in [0.15, 0.2) is 0 Å². The molecule has 19 heavy (non-hydrogen) atoms. The van der Waals surface area contributed by atoms with Gasteiger partial charge in [0.2, 0.25) is 0 Å². The van der Waals surface area contributed by atoms with E-state index in [1.165, 1.54) is 6.07 Å². The molecule has 0 radical (unpaired) electrons. The quantitative estimate of drug-likeness (QED) is 0.807. The molecule has 1 saturated carbocycles. The van der Waals surface area contributed by atoms with Crippen molar-refractivity contribution in [3.05, 3.63) is 55.9 Å². The molecule has 0 amide bonds. The minimum atomic E-state index is -0.119. The van der Waals surface area contributed by atoms with Crippen LogP contribution >= 0.6 is 27.5 Å². The Morgan fingerprint density at radius 1 is 1.42 bits per heavy atom. The maximum absolute atomic E-state index is 12.1. The Balaban J connectivity index is 1.99. The van der Waals surface area contributed by atoms with E-state index in [9.17, 15) is 4.79 Å². The zero-order chi connectivity index (χ0) is 13.4. The van der Waals surface area contributed by atoms with Crippen LogP contribution in [0.25, 0.3) is 0 Å². The molecule has 0 aliphatic heterocycles. The number of hydrogen-bond acceptors (Lipinski definition) is 3. The molecule has 1 fully saturated rings. The Morgan fingerprint density at radius 3 is 2.84 bits per heavy atom. The van der Waals surface area contributed by atoms with Crippen molar-refractivity contribution in [1.82, 2.24) is 14.5 Å². The fraction of sp³-hybridized carbons (Fsp3) is 0.308. The van der Waals surface area contributed by atoms with Gasteiger partial charge in [-0.1, -0.05) is 11.6 Å². The fourth-order valence-corrected chi connectivity index (χ4v) is 2.38. The highest BCUT2D eigenvalue weighted by Crippen LogP contribution is 2.38. The Kier molecular flexibility index (Phi) is 3.41. The summed E-state index contributed by atoms with van der Waals surface area (Å²) in [6.07, 6.45) is 3.86. The van der Waals surface area contributed by atoms with E-state index in [-0.39, 0.29) is 10.7 Å². The molecule has 6 heteroatoms. The first kappa shape index (κ1) is 12.8. The predicted molar refractivity (Wildman–Crippen MR) is 76.5 cm³/mol. The molecule has 2 aromatic rings. The van der Waals surface area contributed by atoms with Gasteiger partial charge in [-0.05, 0) is 40.9 Å². The molecular weight excluding hydrogens is 330 g/mol. The number of halogens is 2. The summed E-state index contributed by atoms with van der Waals surface area (Å²) in [6, 6.07) is 5.15. The summed E-state index contributed by atoms with van der Waals surface area (Å²) in [6.45, 7) is 0.433. The summed E-state index contributed by atoms with van der Waals surface area (Å²) >= 11 is 9.21.